The van der Waals surface area contributed by atoms with E-state index >= 15 is 0 Å². The van der Waals surface area contributed by atoms with Gasteiger partial charge in [-0.3, -0.25) is 0 Å². The van der Waals surface area contributed by atoms with Gasteiger partial charge in [0.1, 0.15) is 0 Å². The molecule has 1 aliphatic carbocycles. The van der Waals surface area contributed by atoms with Crippen molar-refractivity contribution < 1.29 is 0 Å². The number of rotatable bonds is 4. The van der Waals surface area contributed by atoms with E-state index in [1.165, 1.54) is 60.3 Å². The SMILES string of the molecule is c1ccc(-c2nc(-c3ccccc3)nc(-c3c4c(cc5ccc6ccccc6c35)-c3ccc(-c5ccccc5)c5cccc-4c35)n2)cc1. The molecule has 222 valence electrons. The second-order valence-electron chi connectivity index (χ2n) is 12.4. The predicted octanol–water partition coefficient (Wildman–Crippen LogP) is 11.6. The van der Waals surface area contributed by atoms with Gasteiger partial charge in [0.25, 0.3) is 0 Å². The van der Waals surface area contributed by atoms with Crippen molar-refractivity contribution in [3.8, 4) is 67.5 Å². The molecule has 3 heteroatoms. The second-order valence-corrected chi connectivity index (χ2v) is 12.4. The molecule has 0 saturated heterocycles. The fourth-order valence-electron chi connectivity index (χ4n) is 7.52. The third-order valence-corrected chi connectivity index (χ3v) is 9.64. The van der Waals surface area contributed by atoms with Crippen molar-refractivity contribution in [2.75, 3.05) is 0 Å². The zero-order valence-corrected chi connectivity index (χ0v) is 25.9. The summed E-state index contributed by atoms with van der Waals surface area (Å²) < 4.78 is 0. The number of aromatic nitrogens is 3. The van der Waals surface area contributed by atoms with Crippen LogP contribution in [0.25, 0.3) is 99.9 Å². The molecule has 0 spiro atoms. The fourth-order valence-corrected chi connectivity index (χ4v) is 7.52. The van der Waals surface area contributed by atoms with Gasteiger partial charge < -0.3 is 0 Å². The number of fused-ring (bicyclic) bond motifs is 6. The first-order chi connectivity index (χ1) is 23.8. The van der Waals surface area contributed by atoms with Gasteiger partial charge in [0.15, 0.2) is 17.5 Å². The zero-order valence-electron chi connectivity index (χ0n) is 25.9. The highest BCUT2D eigenvalue weighted by atomic mass is 15.0. The Balaban J connectivity index is 1.36. The van der Waals surface area contributed by atoms with Crippen LogP contribution in [0.5, 0.6) is 0 Å². The molecule has 0 bridgehead atoms. The van der Waals surface area contributed by atoms with Gasteiger partial charge in [0.2, 0.25) is 0 Å². The molecule has 1 aromatic heterocycles. The average molecular weight is 610 g/mol. The van der Waals surface area contributed by atoms with Crippen molar-refractivity contribution in [3.05, 3.63) is 164 Å². The Morgan fingerprint density at radius 2 is 0.854 bits per heavy atom. The largest absolute Gasteiger partial charge is 0.208 e. The van der Waals surface area contributed by atoms with Crippen LogP contribution in [0.2, 0.25) is 0 Å². The summed E-state index contributed by atoms with van der Waals surface area (Å²) in [5.74, 6) is 1.99. The zero-order chi connectivity index (χ0) is 31.6. The minimum atomic E-state index is 0.658. The summed E-state index contributed by atoms with van der Waals surface area (Å²) in [6, 6.07) is 57.9. The molecule has 0 fully saturated rings. The molecule has 0 aliphatic heterocycles. The Hall–Kier alpha value is -6.45. The fraction of sp³-hybridized carbons (Fsp3) is 0. The smallest absolute Gasteiger partial charge is 0.165 e. The molecule has 9 aromatic rings. The number of nitrogens with zero attached hydrogens (tertiary/aromatic N) is 3. The standard InChI is InChI=1S/C45H27N3/c1-4-13-28(14-5-1)33-25-26-36-38-27-32-24-23-29-15-10-11-20-34(29)39(32)42(41(38)37-22-12-21-35(33)40(36)37)45-47-43(30-16-6-2-7-17-30)46-44(48-45)31-18-8-3-9-19-31/h1-27H. The molecule has 0 atom stereocenters. The van der Waals surface area contributed by atoms with E-state index in [-0.39, 0.29) is 0 Å². The summed E-state index contributed by atoms with van der Waals surface area (Å²) >= 11 is 0. The molecule has 0 N–H and O–H groups in total. The highest BCUT2D eigenvalue weighted by molar-refractivity contribution is 6.27. The number of benzene rings is 8. The van der Waals surface area contributed by atoms with E-state index in [1.54, 1.807) is 0 Å². The van der Waals surface area contributed by atoms with Crippen LogP contribution in [-0.4, -0.2) is 15.0 Å². The minimum Gasteiger partial charge on any atom is -0.208 e. The van der Waals surface area contributed by atoms with Gasteiger partial charge in [-0.2, -0.15) is 0 Å². The van der Waals surface area contributed by atoms with Crippen LogP contribution in [0.15, 0.2) is 164 Å². The van der Waals surface area contributed by atoms with Gasteiger partial charge in [0, 0.05) is 27.6 Å². The molecule has 3 nitrogen and oxygen atoms in total. The Labute approximate surface area is 277 Å². The minimum absolute atomic E-state index is 0.658. The lowest BCUT2D eigenvalue weighted by molar-refractivity contribution is 1.08. The lowest BCUT2D eigenvalue weighted by Gasteiger charge is -2.17. The second kappa shape index (κ2) is 10.5. The Morgan fingerprint density at radius 3 is 1.56 bits per heavy atom. The maximum absolute atomic E-state index is 5.30. The van der Waals surface area contributed by atoms with Gasteiger partial charge in [-0.15, -0.1) is 0 Å². The molecule has 1 aliphatic rings. The van der Waals surface area contributed by atoms with Crippen molar-refractivity contribution >= 4 is 32.3 Å². The predicted molar refractivity (Wildman–Crippen MR) is 199 cm³/mol. The molecule has 0 saturated carbocycles. The third kappa shape index (κ3) is 4.04. The lowest BCUT2D eigenvalue weighted by atomic mass is 9.89. The molecule has 0 radical (unpaired) electrons. The van der Waals surface area contributed by atoms with E-state index in [9.17, 15) is 0 Å². The summed E-state index contributed by atoms with van der Waals surface area (Å²) in [5.41, 5.74) is 10.2. The first kappa shape index (κ1) is 26.7. The van der Waals surface area contributed by atoms with E-state index < -0.39 is 0 Å². The van der Waals surface area contributed by atoms with Gasteiger partial charge in [-0.05, 0) is 60.8 Å². The molecule has 1 heterocycles. The van der Waals surface area contributed by atoms with Crippen molar-refractivity contribution in [3.63, 3.8) is 0 Å². The van der Waals surface area contributed by atoms with Crippen LogP contribution in [0.1, 0.15) is 0 Å². The van der Waals surface area contributed by atoms with Crippen molar-refractivity contribution in [1.29, 1.82) is 0 Å². The van der Waals surface area contributed by atoms with Gasteiger partial charge >= 0.3 is 0 Å². The van der Waals surface area contributed by atoms with E-state index in [0.29, 0.717) is 17.5 Å². The van der Waals surface area contributed by atoms with E-state index in [1.807, 2.05) is 36.4 Å². The normalized spacial score (nSPS) is 11.8. The molecule has 48 heavy (non-hydrogen) atoms. The van der Waals surface area contributed by atoms with E-state index in [0.717, 1.165) is 22.1 Å². The van der Waals surface area contributed by atoms with Crippen LogP contribution >= 0.6 is 0 Å². The van der Waals surface area contributed by atoms with Crippen molar-refractivity contribution in [2.24, 2.45) is 0 Å². The molecule has 0 unspecified atom stereocenters. The molecular formula is C45H27N3. The number of hydrogen-bond donors (Lipinski definition) is 0. The Bertz CT molecular complexity index is 2640. The highest BCUT2D eigenvalue weighted by Crippen LogP contribution is 2.55. The van der Waals surface area contributed by atoms with Gasteiger partial charge in [0.05, 0.1) is 0 Å². The summed E-state index contributed by atoms with van der Waals surface area (Å²) in [7, 11) is 0. The van der Waals surface area contributed by atoms with E-state index in [2.05, 4.69) is 127 Å². The summed E-state index contributed by atoms with van der Waals surface area (Å²) in [6.45, 7) is 0. The summed E-state index contributed by atoms with van der Waals surface area (Å²) in [6.07, 6.45) is 0. The van der Waals surface area contributed by atoms with E-state index in [4.69, 9.17) is 15.0 Å². The maximum atomic E-state index is 5.30. The van der Waals surface area contributed by atoms with Crippen LogP contribution in [0.3, 0.4) is 0 Å². The van der Waals surface area contributed by atoms with Crippen LogP contribution in [0.4, 0.5) is 0 Å². The topological polar surface area (TPSA) is 38.7 Å². The maximum Gasteiger partial charge on any atom is 0.165 e. The Kier molecular flexibility index (Phi) is 5.87. The first-order valence-electron chi connectivity index (χ1n) is 16.3. The van der Waals surface area contributed by atoms with Gasteiger partial charge in [-0.1, -0.05) is 158 Å². The molecule has 8 aromatic carbocycles. The summed E-state index contributed by atoms with van der Waals surface area (Å²) in [4.78, 5) is 15.6. The van der Waals surface area contributed by atoms with Crippen LogP contribution < -0.4 is 0 Å². The lowest BCUT2D eigenvalue weighted by Crippen LogP contribution is -2.02. The average Bonchev–Trinajstić information content (AvgIpc) is 3.49. The van der Waals surface area contributed by atoms with Crippen LogP contribution in [0, 0.1) is 0 Å². The number of hydrogen-bond acceptors (Lipinski definition) is 3. The van der Waals surface area contributed by atoms with Crippen LogP contribution in [-0.2, 0) is 0 Å². The van der Waals surface area contributed by atoms with Crippen molar-refractivity contribution in [1.82, 2.24) is 15.0 Å². The van der Waals surface area contributed by atoms with Crippen molar-refractivity contribution in [2.45, 2.75) is 0 Å². The third-order valence-electron chi connectivity index (χ3n) is 9.64. The van der Waals surface area contributed by atoms with Gasteiger partial charge in [-0.25, -0.2) is 15.0 Å². The summed E-state index contributed by atoms with van der Waals surface area (Å²) in [5, 5.41) is 7.21. The quantitative estimate of drug-likeness (QED) is 0.186. The molecular weight excluding hydrogens is 583 g/mol. The monoisotopic (exact) mass is 609 g/mol. The Morgan fingerprint density at radius 1 is 0.292 bits per heavy atom. The molecule has 10 rings (SSSR count). The highest BCUT2D eigenvalue weighted by Gasteiger charge is 2.29. The molecule has 0 amide bonds. The first-order valence-corrected chi connectivity index (χ1v) is 16.3.